The van der Waals surface area contributed by atoms with E-state index in [0.717, 1.165) is 29.8 Å². The molecule has 2 aliphatic heterocycles. The average Bonchev–Trinajstić information content (AvgIpc) is 4.00. The lowest BCUT2D eigenvalue weighted by Gasteiger charge is -2.28. The van der Waals surface area contributed by atoms with Gasteiger partial charge in [0.2, 0.25) is 11.8 Å². The molecule has 0 N–H and O–H groups in total. The molecule has 2 bridgehead atoms. The molecule has 4 aromatic rings. The Kier molecular flexibility index (Phi) is 10.0. The van der Waals surface area contributed by atoms with E-state index in [1.165, 1.54) is 27.2 Å². The molecule has 4 fully saturated rings. The number of carbonyl (C=O) groups is 2. The first-order valence-electron chi connectivity index (χ1n) is 18.3. The van der Waals surface area contributed by atoms with Gasteiger partial charge in [-0.25, -0.2) is 4.68 Å². The van der Waals surface area contributed by atoms with E-state index in [0.29, 0.717) is 19.7 Å². The first-order valence-corrected chi connectivity index (χ1v) is 18.3. The van der Waals surface area contributed by atoms with Crippen LogP contribution in [0.25, 0.3) is 11.1 Å². The number of hydrogen-bond donors (Lipinski definition) is 0. The summed E-state index contributed by atoms with van der Waals surface area (Å²) in [5.74, 6) is 0.226. The number of likely N-dealkylation sites (N-methyl/N-ethyl adjacent to an activating group) is 1. The number of imide groups is 1. The maximum atomic E-state index is 13.2. The number of benzene rings is 3. The zero-order chi connectivity index (χ0) is 35.6. The van der Waals surface area contributed by atoms with Crippen molar-refractivity contribution in [2.24, 2.45) is 23.7 Å². The van der Waals surface area contributed by atoms with Crippen molar-refractivity contribution < 1.29 is 28.5 Å². The van der Waals surface area contributed by atoms with Crippen LogP contribution >= 0.6 is 0 Å². The summed E-state index contributed by atoms with van der Waals surface area (Å²) in [5.41, 5.74) is 6.93. The third-order valence-corrected chi connectivity index (χ3v) is 11.1. The summed E-state index contributed by atoms with van der Waals surface area (Å²) >= 11 is 0. The Labute approximate surface area is 304 Å². The summed E-state index contributed by atoms with van der Waals surface area (Å²) in [6.07, 6.45) is 3.49. The molecule has 270 valence electrons. The van der Waals surface area contributed by atoms with Crippen LogP contribution in [0.3, 0.4) is 0 Å². The molecule has 8 rings (SSSR count). The number of nitrogens with zero attached hydrogens (tertiary/aromatic N) is 5. The predicted molar refractivity (Wildman–Crippen MR) is 193 cm³/mol. The first kappa shape index (κ1) is 34.4. The van der Waals surface area contributed by atoms with E-state index in [2.05, 4.69) is 94.9 Å². The topological polar surface area (TPSA) is 108 Å². The highest BCUT2D eigenvalue weighted by Crippen LogP contribution is 2.59. The van der Waals surface area contributed by atoms with E-state index in [1.54, 1.807) is 4.68 Å². The number of rotatable bonds is 15. The summed E-state index contributed by atoms with van der Waals surface area (Å²) < 4.78 is 25.0. The second kappa shape index (κ2) is 15.1. The Morgan fingerprint density at radius 2 is 1.48 bits per heavy atom. The Morgan fingerprint density at radius 1 is 0.846 bits per heavy atom. The summed E-state index contributed by atoms with van der Waals surface area (Å²) in [4.78, 5) is 29.9. The van der Waals surface area contributed by atoms with E-state index in [-0.39, 0.29) is 74.4 Å². The largest absolute Gasteiger partial charge is 0.492 e. The number of likely N-dealkylation sites (tertiary alicyclic amines) is 1. The molecule has 52 heavy (non-hydrogen) atoms. The van der Waals surface area contributed by atoms with Gasteiger partial charge in [0.1, 0.15) is 25.9 Å². The molecule has 2 aliphatic carbocycles. The molecule has 6 unspecified atom stereocenters. The third-order valence-electron chi connectivity index (χ3n) is 11.1. The summed E-state index contributed by atoms with van der Waals surface area (Å²) in [6, 6.07) is 29.5. The van der Waals surface area contributed by atoms with E-state index in [4.69, 9.17) is 18.9 Å². The average molecular weight is 704 g/mol. The molecule has 6 atom stereocenters. The number of fused-ring (bicyclic) bond motifs is 8. The van der Waals surface area contributed by atoms with Crippen molar-refractivity contribution in [3.63, 3.8) is 0 Å². The van der Waals surface area contributed by atoms with Crippen LogP contribution in [0.5, 0.6) is 5.75 Å². The SMILES string of the molecule is CC/C(=C(/c1ccccc1)c1ccc(OCCN(C)Cc2cn(COCCN3C(=O)C4C5CC(C6OCOC56)C4C3=O)nn2)cc1)c1ccccc1. The number of hydrogen-bond acceptors (Lipinski definition) is 9. The van der Waals surface area contributed by atoms with Gasteiger partial charge in [-0.2, -0.15) is 0 Å². The van der Waals surface area contributed by atoms with Crippen molar-refractivity contribution in [1.29, 1.82) is 0 Å². The lowest BCUT2D eigenvalue weighted by atomic mass is 9.78. The minimum Gasteiger partial charge on any atom is -0.492 e. The smallest absolute Gasteiger partial charge is 0.233 e. The molecule has 3 aromatic carbocycles. The number of ether oxygens (including phenoxy) is 4. The molecule has 3 heterocycles. The van der Waals surface area contributed by atoms with E-state index in [1.807, 2.05) is 25.4 Å². The lowest BCUT2D eigenvalue weighted by molar-refractivity contribution is -0.142. The number of amides is 2. The van der Waals surface area contributed by atoms with Crippen LogP contribution < -0.4 is 4.74 Å². The quantitative estimate of drug-likeness (QED) is 0.0947. The second-order valence-electron chi connectivity index (χ2n) is 14.2. The van der Waals surface area contributed by atoms with Crippen LogP contribution in [0, 0.1) is 23.7 Å². The maximum Gasteiger partial charge on any atom is 0.233 e. The molecule has 2 saturated carbocycles. The highest BCUT2D eigenvalue weighted by molar-refractivity contribution is 6.06. The van der Waals surface area contributed by atoms with Gasteiger partial charge in [-0.1, -0.05) is 84.9 Å². The van der Waals surface area contributed by atoms with Gasteiger partial charge < -0.3 is 18.9 Å². The highest BCUT2D eigenvalue weighted by atomic mass is 16.7. The van der Waals surface area contributed by atoms with E-state index in [9.17, 15) is 9.59 Å². The van der Waals surface area contributed by atoms with Crippen molar-refractivity contribution in [3.8, 4) is 5.75 Å². The van der Waals surface area contributed by atoms with Gasteiger partial charge in [0.25, 0.3) is 0 Å². The number of aromatic nitrogens is 3. The van der Waals surface area contributed by atoms with Crippen molar-refractivity contribution >= 4 is 23.0 Å². The Morgan fingerprint density at radius 3 is 2.13 bits per heavy atom. The zero-order valence-corrected chi connectivity index (χ0v) is 29.7. The van der Waals surface area contributed by atoms with Crippen molar-refractivity contribution in [2.75, 3.05) is 40.1 Å². The van der Waals surface area contributed by atoms with Gasteiger partial charge in [-0.15, -0.1) is 5.10 Å². The zero-order valence-electron chi connectivity index (χ0n) is 29.7. The molecule has 2 saturated heterocycles. The maximum absolute atomic E-state index is 13.2. The molecule has 2 amide bonds. The highest BCUT2D eigenvalue weighted by Gasteiger charge is 2.69. The van der Waals surface area contributed by atoms with Crippen LogP contribution in [0.4, 0.5) is 0 Å². The first-order chi connectivity index (χ1) is 25.5. The number of carbonyl (C=O) groups excluding carboxylic acids is 2. The summed E-state index contributed by atoms with van der Waals surface area (Å²) in [7, 11) is 2.02. The molecule has 11 heteroatoms. The van der Waals surface area contributed by atoms with Crippen LogP contribution in [-0.2, 0) is 37.1 Å². The third kappa shape index (κ3) is 6.69. The Hall–Kier alpha value is -4.68. The lowest BCUT2D eigenvalue weighted by Crippen LogP contribution is -2.41. The molecule has 0 spiro atoms. The Balaban J connectivity index is 0.790. The minimum absolute atomic E-state index is 0.0542. The van der Waals surface area contributed by atoms with Crippen LogP contribution in [0.1, 0.15) is 42.1 Å². The second-order valence-corrected chi connectivity index (χ2v) is 14.2. The predicted octanol–water partition coefficient (Wildman–Crippen LogP) is 5.12. The summed E-state index contributed by atoms with van der Waals surface area (Å²) in [6.45, 7) is 4.94. The molecule has 1 aromatic heterocycles. The van der Waals surface area contributed by atoms with Crippen LogP contribution in [0.15, 0.2) is 91.1 Å². The number of allylic oxidation sites excluding steroid dienone is 1. The molecule has 0 radical (unpaired) electrons. The Bertz CT molecular complexity index is 1860. The van der Waals surface area contributed by atoms with Gasteiger partial charge in [-0.05, 0) is 59.9 Å². The van der Waals surface area contributed by atoms with Crippen molar-refractivity contribution in [1.82, 2.24) is 24.8 Å². The fourth-order valence-corrected chi connectivity index (χ4v) is 8.77. The van der Waals surface area contributed by atoms with Crippen LogP contribution in [0.2, 0.25) is 0 Å². The monoisotopic (exact) mass is 703 g/mol. The molecular formula is C41H45N5O6. The van der Waals surface area contributed by atoms with Gasteiger partial charge in [-0.3, -0.25) is 19.4 Å². The standard InChI is InChI=1S/C41H45N5O6/c1-3-32(27-10-6-4-7-11-27)35(28-12-8-5-9-13-28)29-14-16-31(17-15-29)50-21-18-44(2)23-30-24-45(43-42-30)25-49-20-19-46-40(47)36-33-22-34(37(36)41(46)48)39-38(33)51-26-52-39/h4-17,24,33-34,36-39H,3,18-23,25-26H2,1-2H3/b35-32+. The molecular weight excluding hydrogens is 658 g/mol. The fourth-order valence-electron chi connectivity index (χ4n) is 8.77. The van der Waals surface area contributed by atoms with E-state index < -0.39 is 0 Å². The summed E-state index contributed by atoms with van der Waals surface area (Å²) in [5, 5.41) is 8.48. The van der Waals surface area contributed by atoms with Gasteiger partial charge in [0.15, 0.2) is 0 Å². The molecule has 4 aliphatic rings. The fraction of sp³-hybridized carbons (Fsp3) is 0.415. The van der Waals surface area contributed by atoms with Crippen molar-refractivity contribution in [2.45, 2.75) is 45.2 Å². The van der Waals surface area contributed by atoms with Gasteiger partial charge in [0, 0.05) is 24.9 Å². The minimum atomic E-state index is -0.281. The van der Waals surface area contributed by atoms with Gasteiger partial charge >= 0.3 is 0 Å². The van der Waals surface area contributed by atoms with E-state index >= 15 is 0 Å². The molecule has 11 nitrogen and oxygen atoms in total. The normalized spacial score (nSPS) is 25.2. The van der Waals surface area contributed by atoms with Crippen molar-refractivity contribution in [3.05, 3.63) is 114 Å². The van der Waals surface area contributed by atoms with Crippen LogP contribution in [-0.4, -0.2) is 89.0 Å². The van der Waals surface area contributed by atoms with Gasteiger partial charge in [0.05, 0.1) is 49.1 Å².